The summed E-state index contributed by atoms with van der Waals surface area (Å²) in [4.78, 5) is 38.2. The summed E-state index contributed by atoms with van der Waals surface area (Å²) in [5.41, 5.74) is 0. The molecule has 0 heterocycles. The molecule has 0 saturated heterocycles. The number of ether oxygens (including phenoxy) is 3. The first kappa shape index (κ1) is 65.8. The molecule has 69 heavy (non-hydrogen) atoms. The van der Waals surface area contributed by atoms with Crippen molar-refractivity contribution in [2.45, 2.75) is 297 Å². The van der Waals surface area contributed by atoms with E-state index in [1.807, 2.05) is 0 Å². The van der Waals surface area contributed by atoms with Crippen LogP contribution in [0, 0.1) is 0 Å². The highest BCUT2D eigenvalue weighted by molar-refractivity contribution is 5.71. The van der Waals surface area contributed by atoms with Crippen molar-refractivity contribution in [2.75, 3.05) is 13.2 Å². The Kier molecular flexibility index (Phi) is 54.8. The number of carbonyl (C=O) groups is 3. The lowest BCUT2D eigenvalue weighted by Gasteiger charge is -2.18. The van der Waals surface area contributed by atoms with Crippen LogP contribution in [-0.4, -0.2) is 37.2 Å². The Morgan fingerprint density at radius 1 is 0.304 bits per heavy atom. The molecule has 0 bridgehead atoms. The van der Waals surface area contributed by atoms with E-state index in [0.29, 0.717) is 19.3 Å². The number of carbonyl (C=O) groups excluding carboxylic acids is 3. The third-order valence-electron chi connectivity index (χ3n) is 12.7. The zero-order valence-corrected chi connectivity index (χ0v) is 45.6. The van der Waals surface area contributed by atoms with E-state index in [9.17, 15) is 14.4 Å². The highest BCUT2D eigenvalue weighted by Crippen LogP contribution is 2.15. The summed E-state index contributed by atoms with van der Waals surface area (Å²) in [5.74, 6) is -0.902. The minimum absolute atomic E-state index is 0.0852. The maximum absolute atomic E-state index is 12.9. The minimum atomic E-state index is -0.787. The van der Waals surface area contributed by atoms with Gasteiger partial charge in [-0.25, -0.2) is 0 Å². The monoisotopic (exact) mass is 963 g/mol. The molecule has 0 aliphatic rings. The molecule has 0 radical (unpaired) electrons. The van der Waals surface area contributed by atoms with E-state index < -0.39 is 6.10 Å². The van der Waals surface area contributed by atoms with E-state index in [2.05, 4.69) is 93.7 Å². The van der Waals surface area contributed by atoms with Gasteiger partial charge in [0, 0.05) is 19.3 Å². The van der Waals surface area contributed by atoms with Gasteiger partial charge in [0.1, 0.15) is 13.2 Å². The van der Waals surface area contributed by atoms with Gasteiger partial charge in [-0.05, 0) is 109 Å². The number of esters is 3. The second-order valence-electron chi connectivity index (χ2n) is 19.5. The molecule has 398 valence electrons. The van der Waals surface area contributed by atoms with Crippen molar-refractivity contribution in [3.05, 3.63) is 72.9 Å². The molecule has 0 aliphatic heterocycles. The van der Waals surface area contributed by atoms with E-state index in [0.717, 1.165) is 96.3 Å². The fraction of sp³-hybridized carbons (Fsp3) is 0.762. The van der Waals surface area contributed by atoms with Crippen LogP contribution in [0.1, 0.15) is 290 Å². The van der Waals surface area contributed by atoms with Crippen LogP contribution in [0.15, 0.2) is 72.9 Å². The molecular formula is C63H110O6. The second kappa shape index (κ2) is 57.4. The predicted molar refractivity (Wildman–Crippen MR) is 298 cm³/mol. The molecule has 0 rings (SSSR count). The highest BCUT2D eigenvalue weighted by Gasteiger charge is 2.19. The molecule has 0 aromatic heterocycles. The largest absolute Gasteiger partial charge is 0.462 e. The lowest BCUT2D eigenvalue weighted by atomic mass is 10.1. The second-order valence-corrected chi connectivity index (χ2v) is 19.5. The number of hydrogen-bond acceptors (Lipinski definition) is 6. The van der Waals surface area contributed by atoms with Gasteiger partial charge in [-0.2, -0.15) is 0 Å². The van der Waals surface area contributed by atoms with Gasteiger partial charge in [-0.1, -0.05) is 235 Å². The van der Waals surface area contributed by atoms with E-state index in [1.54, 1.807) is 0 Å². The summed E-state index contributed by atoms with van der Waals surface area (Å²) < 4.78 is 16.9. The molecule has 6 heteroatoms. The number of allylic oxidation sites excluding steroid dienone is 12. The van der Waals surface area contributed by atoms with Crippen LogP contribution in [0.2, 0.25) is 0 Å². The average Bonchev–Trinajstić information content (AvgIpc) is 3.35. The fourth-order valence-corrected chi connectivity index (χ4v) is 8.25. The van der Waals surface area contributed by atoms with E-state index in [-0.39, 0.29) is 31.1 Å². The molecule has 1 atom stereocenters. The van der Waals surface area contributed by atoms with Crippen molar-refractivity contribution in [2.24, 2.45) is 0 Å². The summed E-state index contributed by atoms with van der Waals surface area (Å²) in [6.07, 6.45) is 73.1. The van der Waals surface area contributed by atoms with Gasteiger partial charge in [0.15, 0.2) is 6.10 Å². The number of rotatable bonds is 53. The van der Waals surface area contributed by atoms with Crippen LogP contribution in [0.4, 0.5) is 0 Å². The van der Waals surface area contributed by atoms with Gasteiger partial charge in [0.05, 0.1) is 0 Å². The normalized spacial score (nSPS) is 12.6. The molecule has 0 amide bonds. The van der Waals surface area contributed by atoms with Crippen LogP contribution < -0.4 is 0 Å². The Hall–Kier alpha value is -3.15. The van der Waals surface area contributed by atoms with Crippen LogP contribution in [-0.2, 0) is 28.6 Å². The van der Waals surface area contributed by atoms with E-state index in [1.165, 1.54) is 154 Å². The first-order valence-electron chi connectivity index (χ1n) is 29.4. The van der Waals surface area contributed by atoms with Gasteiger partial charge in [0.25, 0.3) is 0 Å². The Bertz CT molecular complexity index is 1290. The van der Waals surface area contributed by atoms with Crippen LogP contribution in [0.25, 0.3) is 0 Å². The van der Waals surface area contributed by atoms with Crippen molar-refractivity contribution in [3.8, 4) is 0 Å². The average molecular weight is 964 g/mol. The molecule has 0 saturated carbocycles. The topological polar surface area (TPSA) is 78.9 Å². The van der Waals surface area contributed by atoms with Crippen LogP contribution in [0.5, 0.6) is 0 Å². The van der Waals surface area contributed by atoms with Gasteiger partial charge >= 0.3 is 17.9 Å². The third kappa shape index (κ3) is 55.6. The summed E-state index contributed by atoms with van der Waals surface area (Å²) in [6, 6.07) is 0. The summed E-state index contributed by atoms with van der Waals surface area (Å²) >= 11 is 0. The Morgan fingerprint density at radius 3 is 0.899 bits per heavy atom. The predicted octanol–water partition coefficient (Wildman–Crippen LogP) is 19.8. The van der Waals surface area contributed by atoms with E-state index in [4.69, 9.17) is 14.2 Å². The summed E-state index contributed by atoms with van der Waals surface area (Å²) in [6.45, 7) is 6.52. The van der Waals surface area contributed by atoms with E-state index >= 15 is 0 Å². The molecule has 1 unspecified atom stereocenters. The molecule has 0 N–H and O–H groups in total. The fourth-order valence-electron chi connectivity index (χ4n) is 8.25. The van der Waals surface area contributed by atoms with Crippen molar-refractivity contribution in [3.63, 3.8) is 0 Å². The van der Waals surface area contributed by atoms with Crippen molar-refractivity contribution in [1.29, 1.82) is 0 Å². The van der Waals surface area contributed by atoms with Crippen LogP contribution >= 0.6 is 0 Å². The SMILES string of the molecule is CC/C=C\C/C=C\C/C=C\C/C=C\CCCCCCCCC(=O)OCC(COC(=O)CCCCCCC/C=C\CCCCCCCC)OC(=O)CCCCCCCCC/C=C\CCCCCCCC. The number of hydrogen-bond donors (Lipinski definition) is 0. The lowest BCUT2D eigenvalue weighted by molar-refractivity contribution is -0.167. The van der Waals surface area contributed by atoms with Crippen molar-refractivity contribution in [1.82, 2.24) is 0 Å². The molecule has 0 fully saturated rings. The zero-order chi connectivity index (χ0) is 50.0. The Morgan fingerprint density at radius 2 is 0.565 bits per heavy atom. The zero-order valence-electron chi connectivity index (χ0n) is 45.6. The maximum Gasteiger partial charge on any atom is 0.306 e. The quantitative estimate of drug-likeness (QED) is 0.0262. The van der Waals surface area contributed by atoms with Gasteiger partial charge in [-0.3, -0.25) is 14.4 Å². The van der Waals surface area contributed by atoms with Gasteiger partial charge in [-0.15, -0.1) is 0 Å². The Balaban J connectivity index is 4.41. The van der Waals surface area contributed by atoms with Gasteiger partial charge < -0.3 is 14.2 Å². The molecule has 6 nitrogen and oxygen atoms in total. The van der Waals surface area contributed by atoms with Crippen molar-refractivity contribution >= 4 is 17.9 Å². The summed E-state index contributed by atoms with van der Waals surface area (Å²) in [5, 5.41) is 0. The Labute approximate surface area is 427 Å². The standard InChI is InChI=1S/C63H110O6/c1-4-7-10-13-16-19-22-25-28-30-31-33-35-38-41-44-47-50-53-56-62(65)68-59-60(58-67-61(64)55-52-49-46-43-40-37-34-27-24-21-18-15-12-9-6-3)69-63(66)57-54-51-48-45-42-39-36-32-29-26-23-20-17-14-11-8-5-2/h7,10,16,19,25-29,31,33-34,60H,4-6,8-9,11-15,17-18,20-24,30,32,35-59H2,1-3H3/b10-7-,19-16-,28-25-,29-26-,33-31-,34-27-. The smallest absolute Gasteiger partial charge is 0.306 e. The van der Waals surface area contributed by atoms with Crippen molar-refractivity contribution < 1.29 is 28.6 Å². The molecule has 0 spiro atoms. The molecular weight excluding hydrogens is 853 g/mol. The first-order valence-corrected chi connectivity index (χ1v) is 29.4. The third-order valence-corrected chi connectivity index (χ3v) is 12.7. The highest BCUT2D eigenvalue weighted by atomic mass is 16.6. The first-order chi connectivity index (χ1) is 34.0. The molecule has 0 aliphatic carbocycles. The minimum Gasteiger partial charge on any atom is -0.462 e. The lowest BCUT2D eigenvalue weighted by Crippen LogP contribution is -2.30. The van der Waals surface area contributed by atoms with Crippen LogP contribution in [0.3, 0.4) is 0 Å². The number of unbranched alkanes of at least 4 members (excludes halogenated alkanes) is 30. The molecule has 0 aromatic carbocycles. The molecule has 0 aromatic rings. The maximum atomic E-state index is 12.9. The summed E-state index contributed by atoms with van der Waals surface area (Å²) in [7, 11) is 0. The van der Waals surface area contributed by atoms with Gasteiger partial charge in [0.2, 0.25) is 0 Å².